The molecule has 2 aromatic heterocycles. The van der Waals surface area contributed by atoms with Crippen LogP contribution in [0.3, 0.4) is 0 Å². The van der Waals surface area contributed by atoms with Gasteiger partial charge in [-0.3, -0.25) is 9.48 Å². The molecule has 2 heterocycles. The average Bonchev–Trinajstić information content (AvgIpc) is 3.58. The van der Waals surface area contributed by atoms with Gasteiger partial charge in [0.25, 0.3) is 5.91 Å². The average molecular weight is 504 g/mol. The smallest absolute Gasteiger partial charge is 0.261 e. The van der Waals surface area contributed by atoms with Gasteiger partial charge < -0.3 is 14.8 Å². The Morgan fingerprint density at radius 3 is 2.83 bits per heavy atom. The minimum atomic E-state index is -0.467. The van der Waals surface area contributed by atoms with Crippen LogP contribution in [0.15, 0.2) is 90.2 Å². The lowest BCUT2D eigenvalue weighted by molar-refractivity contribution is 0.0886. The van der Waals surface area contributed by atoms with Crippen molar-refractivity contribution in [2.24, 2.45) is 0 Å². The molecule has 1 aliphatic carbocycles. The molecule has 8 heteroatoms. The Kier molecular flexibility index (Phi) is 6.86. The van der Waals surface area contributed by atoms with Gasteiger partial charge in [-0.2, -0.15) is 5.10 Å². The summed E-state index contributed by atoms with van der Waals surface area (Å²) < 4.78 is 27.2. The van der Waals surface area contributed by atoms with Crippen molar-refractivity contribution in [2.75, 3.05) is 7.11 Å². The number of methoxy groups -OCH3 is 1. The number of carbonyl (C=O) groups is 1. The molecule has 0 fully saturated rings. The molecule has 1 amide bonds. The molecule has 2 aromatic carbocycles. The number of carbonyl (C=O) groups excluding carboxylic acids is 1. The van der Waals surface area contributed by atoms with Crippen LogP contribution in [0.25, 0.3) is 10.9 Å². The third kappa shape index (κ3) is 5.04. The Bertz CT molecular complexity index is 1430. The Morgan fingerprint density at radius 1 is 1.19 bits per heavy atom. The van der Waals surface area contributed by atoms with Crippen LogP contribution in [0.2, 0.25) is 0 Å². The van der Waals surface area contributed by atoms with Crippen LogP contribution in [-0.2, 0) is 0 Å². The van der Waals surface area contributed by atoms with Gasteiger partial charge >= 0.3 is 0 Å². The highest BCUT2D eigenvalue weighted by Gasteiger charge is 2.25. The van der Waals surface area contributed by atoms with E-state index in [9.17, 15) is 9.18 Å². The summed E-state index contributed by atoms with van der Waals surface area (Å²) in [7, 11) is 1.62. The van der Waals surface area contributed by atoms with Crippen LogP contribution in [0.5, 0.6) is 11.5 Å². The van der Waals surface area contributed by atoms with E-state index < -0.39 is 6.10 Å². The van der Waals surface area contributed by atoms with E-state index >= 15 is 0 Å². The number of ether oxygens (including phenoxy) is 2. The molecule has 0 spiro atoms. The van der Waals surface area contributed by atoms with Gasteiger partial charge in [-0.15, -0.1) is 11.3 Å². The van der Waals surface area contributed by atoms with Gasteiger partial charge in [0.1, 0.15) is 23.4 Å². The molecule has 4 aromatic rings. The summed E-state index contributed by atoms with van der Waals surface area (Å²) in [5.74, 6) is 0.997. The van der Waals surface area contributed by atoms with Crippen molar-refractivity contribution in [3.8, 4) is 11.5 Å². The van der Waals surface area contributed by atoms with Crippen molar-refractivity contribution in [3.63, 3.8) is 0 Å². The molecule has 5 rings (SSSR count). The van der Waals surface area contributed by atoms with E-state index in [4.69, 9.17) is 9.47 Å². The summed E-state index contributed by atoms with van der Waals surface area (Å²) in [6.45, 7) is 1.92. The fourth-order valence-corrected chi connectivity index (χ4v) is 4.95. The summed E-state index contributed by atoms with van der Waals surface area (Å²) in [6.07, 6.45) is 6.74. The topological polar surface area (TPSA) is 65.4 Å². The summed E-state index contributed by atoms with van der Waals surface area (Å²) in [5, 5.41) is 10.4. The molecule has 1 aliphatic rings. The predicted octanol–water partition coefficient (Wildman–Crippen LogP) is 6.40. The molecule has 1 unspecified atom stereocenters. The van der Waals surface area contributed by atoms with Crippen LogP contribution in [0.1, 0.15) is 40.7 Å². The van der Waals surface area contributed by atoms with Gasteiger partial charge in [-0.1, -0.05) is 24.3 Å². The Morgan fingerprint density at radius 2 is 2.08 bits per heavy atom. The predicted molar refractivity (Wildman–Crippen MR) is 139 cm³/mol. The van der Waals surface area contributed by atoms with Crippen molar-refractivity contribution < 1.29 is 18.7 Å². The highest BCUT2D eigenvalue weighted by Crippen LogP contribution is 2.32. The van der Waals surface area contributed by atoms with Crippen molar-refractivity contribution in [2.45, 2.75) is 31.5 Å². The number of hydrogen-bond acceptors (Lipinski definition) is 5. The van der Waals surface area contributed by atoms with Crippen LogP contribution in [0, 0.1) is 0 Å². The molecule has 0 bridgehead atoms. The highest BCUT2D eigenvalue weighted by molar-refractivity contribution is 7.12. The second-order valence-corrected chi connectivity index (χ2v) is 9.56. The van der Waals surface area contributed by atoms with Gasteiger partial charge in [0.15, 0.2) is 0 Å². The molecule has 1 N–H and O–H groups in total. The van der Waals surface area contributed by atoms with E-state index in [0.29, 0.717) is 22.8 Å². The lowest BCUT2D eigenvalue weighted by atomic mass is 10.0. The van der Waals surface area contributed by atoms with Crippen LogP contribution < -0.4 is 14.8 Å². The van der Waals surface area contributed by atoms with Gasteiger partial charge in [0, 0.05) is 5.39 Å². The van der Waals surface area contributed by atoms with Gasteiger partial charge in [0.05, 0.1) is 35.8 Å². The third-order valence-corrected chi connectivity index (χ3v) is 7.02. The number of nitrogens with zero attached hydrogens (tertiary/aromatic N) is 2. The third-order valence-electron chi connectivity index (χ3n) is 6.16. The fraction of sp³-hybridized carbons (Fsp3) is 0.214. The SMILES string of the molecule is COc1cccc([C@@H](Oc2ccc3c(cnn3C3C=CC(F)=CC3)c2)[C@H](C)NC(=O)c2cccs2)c1. The zero-order valence-corrected chi connectivity index (χ0v) is 20.7. The maximum atomic E-state index is 13.4. The first-order chi connectivity index (χ1) is 17.5. The Labute approximate surface area is 212 Å². The number of fused-ring (bicyclic) bond motifs is 1. The Hall–Kier alpha value is -3.91. The van der Waals surface area contributed by atoms with E-state index in [1.165, 1.54) is 17.4 Å². The van der Waals surface area contributed by atoms with Crippen LogP contribution in [0.4, 0.5) is 4.39 Å². The number of amides is 1. The maximum absolute atomic E-state index is 13.4. The fourth-order valence-electron chi connectivity index (χ4n) is 4.32. The number of aromatic nitrogens is 2. The highest BCUT2D eigenvalue weighted by atomic mass is 32.1. The molecule has 184 valence electrons. The molecule has 0 radical (unpaired) electrons. The monoisotopic (exact) mass is 503 g/mol. The summed E-state index contributed by atoms with van der Waals surface area (Å²) >= 11 is 1.39. The number of halogens is 1. The van der Waals surface area contributed by atoms with E-state index in [1.807, 2.05) is 71.6 Å². The number of benzene rings is 2. The molecule has 0 saturated heterocycles. The molecule has 6 nitrogen and oxygen atoms in total. The lowest BCUT2D eigenvalue weighted by Crippen LogP contribution is -2.38. The zero-order chi connectivity index (χ0) is 25.1. The summed E-state index contributed by atoms with van der Waals surface area (Å²) in [4.78, 5) is 13.4. The number of thiophene rings is 1. The van der Waals surface area contributed by atoms with Gasteiger partial charge in [0.2, 0.25) is 0 Å². The first kappa shape index (κ1) is 23.8. The minimum Gasteiger partial charge on any atom is -0.497 e. The van der Waals surface area contributed by atoms with Gasteiger partial charge in [-0.05, 0) is 72.8 Å². The maximum Gasteiger partial charge on any atom is 0.261 e. The second-order valence-electron chi connectivity index (χ2n) is 8.62. The van der Waals surface area contributed by atoms with Gasteiger partial charge in [-0.25, -0.2) is 4.39 Å². The van der Waals surface area contributed by atoms with E-state index in [-0.39, 0.29) is 23.8 Å². The number of rotatable bonds is 8. The molecular formula is C28H26FN3O3S. The molecule has 3 atom stereocenters. The van der Waals surface area contributed by atoms with Crippen LogP contribution >= 0.6 is 11.3 Å². The number of nitrogens with one attached hydrogen (secondary N) is 1. The molecule has 0 saturated carbocycles. The van der Waals surface area contributed by atoms with Crippen LogP contribution in [-0.4, -0.2) is 28.8 Å². The number of allylic oxidation sites excluding steroid dienone is 4. The van der Waals surface area contributed by atoms with Crippen molar-refractivity contribution in [1.29, 1.82) is 0 Å². The largest absolute Gasteiger partial charge is 0.497 e. The second kappa shape index (κ2) is 10.4. The Balaban J connectivity index is 1.42. The molecule has 0 aliphatic heterocycles. The quantitative estimate of drug-likeness (QED) is 0.302. The number of hydrogen-bond donors (Lipinski definition) is 1. The van der Waals surface area contributed by atoms with Crippen molar-refractivity contribution in [3.05, 3.63) is 101 Å². The first-order valence-corrected chi connectivity index (χ1v) is 12.6. The zero-order valence-electron chi connectivity index (χ0n) is 19.9. The first-order valence-electron chi connectivity index (χ1n) is 11.7. The van der Waals surface area contributed by atoms with E-state index in [0.717, 1.165) is 16.5 Å². The normalized spacial score (nSPS) is 16.9. The van der Waals surface area contributed by atoms with Crippen molar-refractivity contribution in [1.82, 2.24) is 15.1 Å². The molecular weight excluding hydrogens is 477 g/mol. The summed E-state index contributed by atoms with van der Waals surface area (Å²) in [5.41, 5.74) is 1.81. The minimum absolute atomic E-state index is 0.0363. The standard InChI is InChI=1S/C28H26FN3O3S/c1-18(31-28(33)26-7-4-14-36-26)27(19-5-3-6-23(15-19)34-2)35-24-12-13-25-20(16-24)17-30-32(25)22-10-8-21(29)9-11-22/h3-10,12-18,22,27H,11H2,1-2H3,(H,31,33)/t18-,22?,27-/m0/s1. The van der Waals surface area contributed by atoms with E-state index in [2.05, 4.69) is 10.4 Å². The lowest BCUT2D eigenvalue weighted by Gasteiger charge is -2.27. The summed E-state index contributed by atoms with van der Waals surface area (Å²) in [6, 6.07) is 16.7. The van der Waals surface area contributed by atoms with Crippen molar-refractivity contribution >= 4 is 28.1 Å². The van der Waals surface area contributed by atoms with E-state index in [1.54, 1.807) is 25.4 Å². The molecule has 36 heavy (non-hydrogen) atoms.